The molecule has 4 fully saturated rings. The fourth-order valence-electron chi connectivity index (χ4n) is 5.66. The van der Waals surface area contributed by atoms with E-state index in [0.717, 1.165) is 29.2 Å². The van der Waals surface area contributed by atoms with Crippen LogP contribution in [-0.4, -0.2) is 5.16 Å². The van der Waals surface area contributed by atoms with Gasteiger partial charge in [-0.25, -0.2) is 0 Å². The lowest BCUT2D eigenvalue weighted by Gasteiger charge is -2.56. The zero-order chi connectivity index (χ0) is 11.6. The predicted octanol–water partition coefficient (Wildman–Crippen LogP) is 3.76. The molecule has 2 heteroatoms. The molecule has 5 rings (SSSR count). The molecule has 0 saturated heterocycles. The van der Waals surface area contributed by atoms with Crippen molar-refractivity contribution in [1.29, 1.82) is 0 Å². The van der Waals surface area contributed by atoms with E-state index in [1.54, 1.807) is 0 Å². The van der Waals surface area contributed by atoms with Crippen LogP contribution in [0.25, 0.3) is 0 Å². The van der Waals surface area contributed by atoms with Gasteiger partial charge in [-0.3, -0.25) is 0 Å². The van der Waals surface area contributed by atoms with Gasteiger partial charge in [0.15, 0.2) is 0 Å². The molecule has 0 atom stereocenters. The van der Waals surface area contributed by atoms with E-state index in [9.17, 15) is 0 Å². The molecule has 0 aromatic carbocycles. The van der Waals surface area contributed by atoms with Crippen LogP contribution in [0.5, 0.6) is 0 Å². The van der Waals surface area contributed by atoms with Crippen molar-refractivity contribution in [3.63, 3.8) is 0 Å². The van der Waals surface area contributed by atoms with Crippen molar-refractivity contribution in [1.82, 2.24) is 5.16 Å². The Morgan fingerprint density at radius 1 is 1.00 bits per heavy atom. The summed E-state index contributed by atoms with van der Waals surface area (Å²) in [6, 6.07) is 0. The molecule has 4 bridgehead atoms. The molecular weight excluding hydrogens is 210 g/mol. The lowest BCUT2D eigenvalue weighted by molar-refractivity contribution is -0.00604. The van der Waals surface area contributed by atoms with Gasteiger partial charge in [-0.1, -0.05) is 5.16 Å². The maximum atomic E-state index is 5.43. The summed E-state index contributed by atoms with van der Waals surface area (Å²) in [4.78, 5) is 0. The van der Waals surface area contributed by atoms with Gasteiger partial charge in [0.25, 0.3) is 0 Å². The zero-order valence-corrected chi connectivity index (χ0v) is 10.8. The summed E-state index contributed by atoms with van der Waals surface area (Å²) in [6.45, 7) is 4.23. The third kappa shape index (κ3) is 1.30. The van der Waals surface area contributed by atoms with Gasteiger partial charge in [0, 0.05) is 11.0 Å². The van der Waals surface area contributed by atoms with Gasteiger partial charge >= 0.3 is 0 Å². The Morgan fingerprint density at radius 2 is 1.53 bits per heavy atom. The number of aromatic nitrogens is 1. The van der Waals surface area contributed by atoms with Crippen molar-refractivity contribution in [2.45, 2.75) is 57.8 Å². The smallest absolute Gasteiger partial charge is 0.137 e. The van der Waals surface area contributed by atoms with Crippen LogP contribution in [0.1, 0.15) is 55.5 Å². The number of rotatable bonds is 1. The van der Waals surface area contributed by atoms with Gasteiger partial charge in [-0.15, -0.1) is 0 Å². The summed E-state index contributed by atoms with van der Waals surface area (Å²) in [5, 5.41) is 4.20. The van der Waals surface area contributed by atoms with Gasteiger partial charge in [-0.05, 0) is 70.1 Å². The van der Waals surface area contributed by atoms with Crippen LogP contribution in [0.4, 0.5) is 0 Å². The summed E-state index contributed by atoms with van der Waals surface area (Å²) in [6.07, 6.45) is 8.72. The first-order valence-electron chi connectivity index (χ1n) is 7.10. The third-order valence-corrected chi connectivity index (χ3v) is 5.60. The van der Waals surface area contributed by atoms with Crippen molar-refractivity contribution in [2.24, 2.45) is 17.8 Å². The van der Waals surface area contributed by atoms with Gasteiger partial charge in [0.05, 0.1) is 5.69 Å². The Kier molecular flexibility index (Phi) is 1.88. The van der Waals surface area contributed by atoms with E-state index in [2.05, 4.69) is 19.0 Å². The summed E-state index contributed by atoms with van der Waals surface area (Å²) >= 11 is 0. The molecule has 0 N–H and O–H groups in total. The van der Waals surface area contributed by atoms with E-state index in [0.29, 0.717) is 5.41 Å². The molecule has 1 heterocycles. The molecule has 2 nitrogen and oxygen atoms in total. The van der Waals surface area contributed by atoms with Crippen molar-refractivity contribution in [2.75, 3.05) is 0 Å². The summed E-state index contributed by atoms with van der Waals surface area (Å²) in [5.74, 6) is 4.07. The number of hydrogen-bond acceptors (Lipinski definition) is 2. The lowest BCUT2D eigenvalue weighted by atomic mass is 9.48. The molecule has 0 spiro atoms. The first-order chi connectivity index (χ1) is 8.16. The maximum Gasteiger partial charge on any atom is 0.137 e. The largest absolute Gasteiger partial charge is 0.361 e. The highest BCUT2D eigenvalue weighted by Gasteiger charge is 2.53. The maximum absolute atomic E-state index is 5.43. The molecule has 92 valence electrons. The van der Waals surface area contributed by atoms with Crippen molar-refractivity contribution in [3.8, 4) is 0 Å². The topological polar surface area (TPSA) is 26.0 Å². The Bertz CT molecular complexity index is 405. The van der Waals surface area contributed by atoms with E-state index in [1.807, 2.05) is 0 Å². The second-order valence-corrected chi connectivity index (χ2v) is 6.90. The minimum atomic E-state index is 0.447. The molecule has 4 aliphatic carbocycles. The van der Waals surface area contributed by atoms with E-state index in [-0.39, 0.29) is 0 Å². The number of nitrogens with zero attached hydrogens (tertiary/aromatic N) is 1. The average Bonchev–Trinajstić information content (AvgIpc) is 2.56. The van der Waals surface area contributed by atoms with E-state index < -0.39 is 0 Å². The van der Waals surface area contributed by atoms with Crippen LogP contribution in [0.3, 0.4) is 0 Å². The van der Waals surface area contributed by atoms with Gasteiger partial charge in [-0.2, -0.15) is 0 Å². The molecule has 17 heavy (non-hydrogen) atoms. The van der Waals surface area contributed by atoms with Crippen LogP contribution in [-0.2, 0) is 5.41 Å². The Morgan fingerprint density at radius 3 is 1.94 bits per heavy atom. The molecule has 1 aromatic heterocycles. The van der Waals surface area contributed by atoms with Crippen LogP contribution >= 0.6 is 0 Å². The summed E-state index contributed by atoms with van der Waals surface area (Å²) < 4.78 is 5.43. The third-order valence-electron chi connectivity index (χ3n) is 5.60. The molecule has 1 aromatic rings. The van der Waals surface area contributed by atoms with E-state index >= 15 is 0 Å². The van der Waals surface area contributed by atoms with Crippen molar-refractivity contribution < 1.29 is 4.52 Å². The van der Waals surface area contributed by atoms with Crippen molar-refractivity contribution >= 4 is 0 Å². The minimum Gasteiger partial charge on any atom is -0.361 e. The fourth-order valence-corrected chi connectivity index (χ4v) is 5.66. The first kappa shape index (κ1) is 10.2. The molecular formula is C15H21NO. The molecule has 0 aliphatic heterocycles. The van der Waals surface area contributed by atoms with Gasteiger partial charge in [0.1, 0.15) is 5.76 Å². The summed E-state index contributed by atoms with van der Waals surface area (Å²) in [7, 11) is 0. The highest BCUT2D eigenvalue weighted by atomic mass is 16.5. The highest BCUT2D eigenvalue weighted by Crippen LogP contribution is 2.61. The second kappa shape index (κ2) is 3.15. The monoisotopic (exact) mass is 231 g/mol. The predicted molar refractivity (Wildman–Crippen MR) is 65.8 cm³/mol. The van der Waals surface area contributed by atoms with Gasteiger partial charge in [0.2, 0.25) is 0 Å². The Balaban J connectivity index is 1.82. The van der Waals surface area contributed by atoms with Crippen molar-refractivity contribution in [3.05, 3.63) is 17.0 Å². The number of hydrogen-bond donors (Lipinski definition) is 0. The van der Waals surface area contributed by atoms with Crippen LogP contribution in [0.2, 0.25) is 0 Å². The zero-order valence-electron chi connectivity index (χ0n) is 10.8. The minimum absolute atomic E-state index is 0.447. The van der Waals surface area contributed by atoms with Crippen LogP contribution < -0.4 is 0 Å². The average molecular weight is 231 g/mol. The molecule has 0 radical (unpaired) electrons. The lowest BCUT2D eigenvalue weighted by Crippen LogP contribution is -2.48. The standard InChI is InChI=1S/C15H21NO/c1-9-14(10(2)17-16-9)15-6-11-3-12(7-15)5-13(4-11)8-15/h11-13H,3-8H2,1-2H3. The van der Waals surface area contributed by atoms with E-state index in [1.165, 1.54) is 44.1 Å². The molecule has 4 aliphatic rings. The van der Waals surface area contributed by atoms with E-state index in [4.69, 9.17) is 4.52 Å². The SMILES string of the molecule is Cc1noc(C)c1C12CC3CC(CC(C3)C1)C2. The quantitative estimate of drug-likeness (QED) is 0.735. The molecule has 0 amide bonds. The Hall–Kier alpha value is -0.790. The van der Waals surface area contributed by atoms with Crippen LogP contribution in [0, 0.1) is 31.6 Å². The number of aryl methyl sites for hydroxylation is 2. The highest BCUT2D eigenvalue weighted by molar-refractivity contribution is 5.34. The summed E-state index contributed by atoms with van der Waals surface area (Å²) in [5.41, 5.74) is 3.09. The normalized spacial score (nSPS) is 43.3. The molecule has 0 unspecified atom stereocenters. The second-order valence-electron chi connectivity index (χ2n) is 6.90. The van der Waals surface area contributed by atoms with Crippen LogP contribution in [0.15, 0.2) is 4.52 Å². The fraction of sp³-hybridized carbons (Fsp3) is 0.800. The molecule has 4 saturated carbocycles. The Labute approximate surface area is 103 Å². The first-order valence-corrected chi connectivity index (χ1v) is 7.10. The van der Waals surface area contributed by atoms with Gasteiger partial charge < -0.3 is 4.52 Å².